The molecule has 30 heavy (non-hydrogen) atoms. The Bertz CT molecular complexity index is 980. The highest BCUT2D eigenvalue weighted by Gasteiger charge is 2.40. The van der Waals surface area contributed by atoms with Crippen molar-refractivity contribution < 1.29 is 19.6 Å². The molecule has 0 saturated heterocycles. The molecule has 8 heteroatoms. The predicted molar refractivity (Wildman–Crippen MR) is 118 cm³/mol. The van der Waals surface area contributed by atoms with Crippen molar-refractivity contribution in [2.75, 3.05) is 26.2 Å². The largest absolute Gasteiger partial charge is 0.868 e. The number of aromatic nitrogens is 1. The normalized spacial score (nSPS) is 16.8. The summed E-state index contributed by atoms with van der Waals surface area (Å²) in [6, 6.07) is 6.76. The maximum absolute atomic E-state index is 13.4. The third kappa shape index (κ3) is 4.36. The van der Waals surface area contributed by atoms with E-state index in [0.717, 1.165) is 34.7 Å². The van der Waals surface area contributed by atoms with E-state index >= 15 is 0 Å². The number of rotatable bonds is 8. The van der Waals surface area contributed by atoms with Gasteiger partial charge in [0.1, 0.15) is 0 Å². The molecule has 1 amide bonds. The van der Waals surface area contributed by atoms with Gasteiger partial charge in [-0.25, -0.2) is 4.98 Å². The first-order valence-electron chi connectivity index (χ1n) is 10.1. The molecule has 0 saturated carbocycles. The summed E-state index contributed by atoms with van der Waals surface area (Å²) < 4.78 is 0.892. The van der Waals surface area contributed by atoms with E-state index in [2.05, 4.69) is 34.8 Å². The zero-order chi connectivity index (χ0) is 22.0. The van der Waals surface area contributed by atoms with Gasteiger partial charge in [0.2, 0.25) is 11.7 Å². The Morgan fingerprint density at radius 1 is 1.23 bits per heavy atom. The molecule has 1 aromatic heterocycles. The number of nitrogens with zero attached hydrogens (tertiary/aromatic N) is 2. The van der Waals surface area contributed by atoms with Gasteiger partial charge < -0.3 is 14.9 Å². The van der Waals surface area contributed by atoms with Gasteiger partial charge in [-0.15, -0.1) is 11.3 Å². The highest BCUT2D eigenvalue weighted by atomic mass is 79.9. The summed E-state index contributed by atoms with van der Waals surface area (Å²) in [7, 11) is 0. The molecule has 2 heterocycles. The van der Waals surface area contributed by atoms with Gasteiger partial charge in [-0.3, -0.25) is 9.59 Å². The Kier molecular flexibility index (Phi) is 7.10. The SMILES string of the molecule is CC[NH+](CC)CCN1C(=O)C([O-])=C(C(=O)c2sc(C)nc2C)C1c1ccc(Br)cc1. The summed E-state index contributed by atoms with van der Waals surface area (Å²) in [4.78, 5) is 34.0. The summed E-state index contributed by atoms with van der Waals surface area (Å²) in [5.41, 5.74) is 1.38. The second-order valence-corrected chi connectivity index (χ2v) is 9.50. The fourth-order valence-electron chi connectivity index (χ4n) is 3.84. The van der Waals surface area contributed by atoms with Crippen LogP contribution < -0.4 is 10.0 Å². The maximum Gasteiger partial charge on any atom is 0.240 e. The minimum Gasteiger partial charge on any atom is -0.868 e. The molecule has 6 nitrogen and oxygen atoms in total. The number of amides is 1. The molecular weight excluding hydrogens is 466 g/mol. The highest BCUT2D eigenvalue weighted by molar-refractivity contribution is 9.10. The average Bonchev–Trinajstić information content (AvgIpc) is 3.19. The standard InChI is InChI=1S/C22H26BrN3O3S/c1-5-25(6-2)11-12-26-18(15-7-9-16(23)10-8-15)17(20(28)22(26)29)19(27)21-13(3)24-14(4)30-21/h7-10,18,28H,5-6,11-12H2,1-4H3. The number of thiazole rings is 1. The zero-order valence-corrected chi connectivity index (χ0v) is 20.0. The van der Waals surface area contributed by atoms with Crippen molar-refractivity contribution in [1.82, 2.24) is 9.88 Å². The summed E-state index contributed by atoms with van der Waals surface area (Å²) in [5, 5.41) is 13.8. The molecule has 1 atom stereocenters. The number of halogens is 1. The lowest BCUT2D eigenvalue weighted by atomic mass is 9.95. The van der Waals surface area contributed by atoms with Crippen LogP contribution in [0.3, 0.4) is 0 Å². The summed E-state index contributed by atoms with van der Waals surface area (Å²) in [6.45, 7) is 10.8. The summed E-state index contributed by atoms with van der Waals surface area (Å²) in [6.07, 6.45) is 0. The number of carbonyl (C=O) groups is 2. The Morgan fingerprint density at radius 2 is 1.87 bits per heavy atom. The smallest absolute Gasteiger partial charge is 0.240 e. The van der Waals surface area contributed by atoms with Gasteiger partial charge in [0.15, 0.2) is 0 Å². The highest BCUT2D eigenvalue weighted by Crippen LogP contribution is 2.39. The van der Waals surface area contributed by atoms with Gasteiger partial charge in [0, 0.05) is 10.0 Å². The van der Waals surface area contributed by atoms with Gasteiger partial charge >= 0.3 is 0 Å². The number of likely N-dealkylation sites (N-methyl/N-ethyl adjacent to an activating group) is 1. The zero-order valence-electron chi connectivity index (χ0n) is 17.6. The third-order valence-electron chi connectivity index (χ3n) is 5.53. The number of carbonyl (C=O) groups excluding carboxylic acids is 2. The first kappa shape index (κ1) is 22.7. The first-order chi connectivity index (χ1) is 14.3. The number of benzene rings is 1. The number of Topliss-reactive ketones (excluding diaryl/α,β-unsaturated/α-hetero) is 1. The molecule has 1 aromatic carbocycles. The lowest BCUT2D eigenvalue weighted by Gasteiger charge is -2.29. The van der Waals surface area contributed by atoms with E-state index in [9.17, 15) is 14.7 Å². The molecule has 0 aliphatic carbocycles. The van der Waals surface area contributed by atoms with E-state index in [1.165, 1.54) is 16.2 Å². The van der Waals surface area contributed by atoms with Crippen LogP contribution in [0.15, 0.2) is 40.1 Å². The molecule has 1 aliphatic rings. The summed E-state index contributed by atoms with van der Waals surface area (Å²) >= 11 is 4.69. The molecule has 1 unspecified atom stereocenters. The van der Waals surface area contributed by atoms with Crippen molar-refractivity contribution in [3.05, 3.63) is 61.2 Å². The number of hydrogen-bond acceptors (Lipinski definition) is 5. The maximum atomic E-state index is 13.4. The van der Waals surface area contributed by atoms with Crippen LogP contribution in [0.2, 0.25) is 0 Å². The van der Waals surface area contributed by atoms with Crippen LogP contribution in [0.4, 0.5) is 0 Å². The first-order valence-corrected chi connectivity index (χ1v) is 11.7. The molecular formula is C22H26BrN3O3S. The molecule has 0 spiro atoms. The van der Waals surface area contributed by atoms with Gasteiger partial charge in [-0.05, 0) is 51.2 Å². The molecule has 1 N–H and O–H groups in total. The minimum atomic E-state index is -0.701. The van der Waals surface area contributed by atoms with Crippen molar-refractivity contribution in [2.24, 2.45) is 0 Å². The monoisotopic (exact) mass is 491 g/mol. The van der Waals surface area contributed by atoms with E-state index in [1.807, 2.05) is 31.2 Å². The van der Waals surface area contributed by atoms with Crippen molar-refractivity contribution in [2.45, 2.75) is 33.7 Å². The number of aryl methyl sites for hydroxylation is 2. The van der Waals surface area contributed by atoms with E-state index in [0.29, 0.717) is 17.1 Å². The molecule has 160 valence electrons. The Balaban J connectivity index is 2.04. The van der Waals surface area contributed by atoms with Crippen LogP contribution in [0.5, 0.6) is 0 Å². The van der Waals surface area contributed by atoms with Crippen LogP contribution in [0.25, 0.3) is 0 Å². The number of nitrogens with one attached hydrogen (secondary N) is 1. The molecule has 0 radical (unpaired) electrons. The van der Waals surface area contributed by atoms with Gasteiger partial charge in [0.25, 0.3) is 0 Å². The number of ketones is 1. The molecule has 0 bridgehead atoms. The quantitative estimate of drug-likeness (QED) is 0.571. The van der Waals surface area contributed by atoms with Crippen LogP contribution in [0, 0.1) is 13.8 Å². The van der Waals surface area contributed by atoms with Crippen LogP contribution in [-0.2, 0) is 4.79 Å². The Hall–Kier alpha value is -2.03. The fourth-order valence-corrected chi connectivity index (χ4v) is 4.98. The summed E-state index contributed by atoms with van der Waals surface area (Å²) in [5.74, 6) is -1.69. The van der Waals surface area contributed by atoms with Crippen LogP contribution >= 0.6 is 27.3 Å². The molecule has 1 aliphatic heterocycles. The van der Waals surface area contributed by atoms with Crippen molar-refractivity contribution in [1.29, 1.82) is 0 Å². The lowest BCUT2D eigenvalue weighted by molar-refractivity contribution is -0.895. The van der Waals surface area contributed by atoms with E-state index in [-0.39, 0.29) is 11.4 Å². The van der Waals surface area contributed by atoms with E-state index < -0.39 is 17.7 Å². The van der Waals surface area contributed by atoms with Gasteiger partial charge in [0.05, 0.1) is 47.8 Å². The van der Waals surface area contributed by atoms with Gasteiger partial charge in [-0.1, -0.05) is 28.1 Å². The average molecular weight is 492 g/mol. The molecule has 3 rings (SSSR count). The number of quaternary nitrogens is 1. The molecule has 2 aromatic rings. The second kappa shape index (κ2) is 9.41. The Labute approximate surface area is 189 Å². The topological polar surface area (TPSA) is 77.8 Å². The van der Waals surface area contributed by atoms with Crippen LogP contribution in [-0.4, -0.2) is 47.8 Å². The second-order valence-electron chi connectivity index (χ2n) is 7.38. The Morgan fingerprint density at radius 3 is 2.40 bits per heavy atom. The number of hydrogen-bond donors (Lipinski definition) is 1. The lowest BCUT2D eigenvalue weighted by Crippen LogP contribution is -3.12. The van der Waals surface area contributed by atoms with Crippen molar-refractivity contribution in [3.63, 3.8) is 0 Å². The van der Waals surface area contributed by atoms with E-state index in [1.54, 1.807) is 11.8 Å². The third-order valence-corrected chi connectivity index (χ3v) is 7.13. The van der Waals surface area contributed by atoms with Crippen molar-refractivity contribution in [3.8, 4) is 0 Å². The van der Waals surface area contributed by atoms with Crippen molar-refractivity contribution >= 4 is 39.0 Å². The molecule has 0 fully saturated rings. The van der Waals surface area contributed by atoms with Gasteiger partial charge in [-0.2, -0.15) is 0 Å². The fraction of sp³-hybridized carbons (Fsp3) is 0.409. The minimum absolute atomic E-state index is 0.0311. The van der Waals surface area contributed by atoms with E-state index in [4.69, 9.17) is 0 Å². The van der Waals surface area contributed by atoms with Crippen LogP contribution in [0.1, 0.15) is 45.8 Å². The predicted octanol–water partition coefficient (Wildman–Crippen LogP) is 1.83.